The van der Waals surface area contributed by atoms with Crippen LogP contribution in [0.4, 0.5) is 0 Å². The third-order valence-corrected chi connectivity index (χ3v) is 4.27. The van der Waals surface area contributed by atoms with Gasteiger partial charge in [0.2, 0.25) is 17.7 Å². The zero-order valence-electron chi connectivity index (χ0n) is 12.4. The number of thioether (sulfide) groups is 1. The fourth-order valence-electron chi connectivity index (χ4n) is 2.06. The predicted octanol–water partition coefficient (Wildman–Crippen LogP) is 3.30. The quantitative estimate of drug-likeness (QED) is 0.636. The summed E-state index contributed by atoms with van der Waals surface area (Å²) < 4.78 is 16.4. The maximum absolute atomic E-state index is 5.64. The van der Waals surface area contributed by atoms with E-state index in [0.717, 1.165) is 30.0 Å². The Morgan fingerprint density at radius 1 is 1.09 bits per heavy atom. The van der Waals surface area contributed by atoms with Crippen LogP contribution in [0.25, 0.3) is 11.5 Å². The molecule has 1 fully saturated rings. The molecular formula is C15H14N4O3S. The van der Waals surface area contributed by atoms with Crippen molar-refractivity contribution in [3.8, 4) is 17.2 Å². The van der Waals surface area contributed by atoms with Crippen LogP contribution in [0.3, 0.4) is 0 Å². The molecule has 0 unspecified atom stereocenters. The van der Waals surface area contributed by atoms with Gasteiger partial charge in [0.05, 0.1) is 12.9 Å². The van der Waals surface area contributed by atoms with E-state index in [1.807, 2.05) is 24.3 Å². The molecule has 0 bridgehead atoms. The minimum atomic E-state index is 0.464. The first-order valence-corrected chi connectivity index (χ1v) is 8.23. The SMILES string of the molecule is COc1ccc(-c2nnc(SCc3nnc(C4CC4)o3)o2)cc1. The smallest absolute Gasteiger partial charge is 0.277 e. The lowest BCUT2D eigenvalue weighted by molar-refractivity contribution is 0.414. The van der Waals surface area contributed by atoms with E-state index in [2.05, 4.69) is 20.4 Å². The highest BCUT2D eigenvalue weighted by atomic mass is 32.2. The van der Waals surface area contributed by atoms with Gasteiger partial charge in [0.15, 0.2) is 0 Å². The van der Waals surface area contributed by atoms with E-state index in [4.69, 9.17) is 13.6 Å². The predicted molar refractivity (Wildman–Crippen MR) is 82.1 cm³/mol. The highest BCUT2D eigenvalue weighted by Crippen LogP contribution is 2.39. The minimum Gasteiger partial charge on any atom is -0.497 e. The van der Waals surface area contributed by atoms with Crippen molar-refractivity contribution in [3.05, 3.63) is 36.0 Å². The molecule has 0 spiro atoms. The summed E-state index contributed by atoms with van der Waals surface area (Å²) >= 11 is 1.38. The lowest BCUT2D eigenvalue weighted by Crippen LogP contribution is -1.82. The highest BCUT2D eigenvalue weighted by molar-refractivity contribution is 7.98. The zero-order chi connectivity index (χ0) is 15.6. The Morgan fingerprint density at radius 3 is 2.65 bits per heavy atom. The molecule has 4 rings (SSSR count). The van der Waals surface area contributed by atoms with Crippen molar-refractivity contribution in [3.63, 3.8) is 0 Å². The molecule has 0 radical (unpaired) electrons. The third kappa shape index (κ3) is 3.21. The van der Waals surface area contributed by atoms with Gasteiger partial charge >= 0.3 is 0 Å². The number of ether oxygens (including phenoxy) is 1. The molecule has 23 heavy (non-hydrogen) atoms. The summed E-state index contributed by atoms with van der Waals surface area (Å²) in [4.78, 5) is 0. The molecule has 0 atom stereocenters. The van der Waals surface area contributed by atoms with Crippen LogP contribution in [0.1, 0.15) is 30.5 Å². The van der Waals surface area contributed by atoms with Crippen LogP contribution in [-0.4, -0.2) is 27.5 Å². The summed E-state index contributed by atoms with van der Waals surface area (Å²) in [7, 11) is 1.63. The number of nitrogens with zero attached hydrogens (tertiary/aromatic N) is 4. The Bertz CT molecular complexity index is 795. The monoisotopic (exact) mass is 330 g/mol. The maximum atomic E-state index is 5.64. The third-order valence-electron chi connectivity index (χ3n) is 3.47. The average Bonchev–Trinajstić information content (AvgIpc) is 3.15. The van der Waals surface area contributed by atoms with Gasteiger partial charge in [0.1, 0.15) is 5.75 Å². The topological polar surface area (TPSA) is 87.1 Å². The lowest BCUT2D eigenvalue weighted by Gasteiger charge is -1.99. The summed E-state index contributed by atoms with van der Waals surface area (Å²) in [6.45, 7) is 0. The standard InChI is InChI=1S/C15H14N4O3S/c1-20-11-6-4-10(5-7-11)14-18-19-15(22-14)23-8-12-16-17-13(21-12)9-2-3-9/h4-7,9H,2-3,8H2,1H3. The van der Waals surface area contributed by atoms with Crippen molar-refractivity contribution in [2.75, 3.05) is 7.11 Å². The molecule has 7 nitrogen and oxygen atoms in total. The number of rotatable bonds is 6. The first kappa shape index (κ1) is 14.3. The number of methoxy groups -OCH3 is 1. The average molecular weight is 330 g/mol. The fourth-order valence-corrected chi connectivity index (χ4v) is 2.66. The van der Waals surface area contributed by atoms with Crippen LogP contribution < -0.4 is 4.74 Å². The summed E-state index contributed by atoms with van der Waals surface area (Å²) in [5.41, 5.74) is 0.846. The van der Waals surface area contributed by atoms with E-state index < -0.39 is 0 Å². The molecule has 2 aromatic heterocycles. The highest BCUT2D eigenvalue weighted by Gasteiger charge is 2.29. The van der Waals surface area contributed by atoms with E-state index in [-0.39, 0.29) is 0 Å². The van der Waals surface area contributed by atoms with Gasteiger partial charge in [-0.3, -0.25) is 0 Å². The lowest BCUT2D eigenvalue weighted by atomic mass is 10.2. The van der Waals surface area contributed by atoms with Crippen molar-refractivity contribution >= 4 is 11.8 Å². The van der Waals surface area contributed by atoms with Gasteiger partial charge in [0, 0.05) is 11.5 Å². The van der Waals surface area contributed by atoms with Crippen molar-refractivity contribution in [1.82, 2.24) is 20.4 Å². The first-order chi connectivity index (χ1) is 11.3. The van der Waals surface area contributed by atoms with Gasteiger partial charge in [-0.2, -0.15) is 0 Å². The molecule has 0 N–H and O–H groups in total. The van der Waals surface area contributed by atoms with Crippen molar-refractivity contribution < 1.29 is 13.6 Å². The van der Waals surface area contributed by atoms with Gasteiger partial charge in [-0.1, -0.05) is 11.8 Å². The Labute approximate surface area is 136 Å². The Morgan fingerprint density at radius 2 is 1.91 bits per heavy atom. The summed E-state index contributed by atoms with van der Waals surface area (Å²) in [6.07, 6.45) is 2.29. The molecule has 1 aliphatic rings. The van der Waals surface area contributed by atoms with E-state index >= 15 is 0 Å². The number of hydrogen-bond donors (Lipinski definition) is 0. The van der Waals surface area contributed by atoms with Crippen LogP contribution in [0.5, 0.6) is 5.75 Å². The van der Waals surface area contributed by atoms with Crippen LogP contribution >= 0.6 is 11.8 Å². The summed E-state index contributed by atoms with van der Waals surface area (Å²) in [6, 6.07) is 7.45. The normalized spacial score (nSPS) is 14.1. The summed E-state index contributed by atoms with van der Waals surface area (Å²) in [5.74, 6) is 3.56. The molecule has 8 heteroatoms. The van der Waals surface area contributed by atoms with Crippen molar-refractivity contribution in [2.24, 2.45) is 0 Å². The Kier molecular flexibility index (Phi) is 3.74. The van der Waals surface area contributed by atoms with Gasteiger partial charge in [-0.25, -0.2) is 0 Å². The van der Waals surface area contributed by atoms with Crippen LogP contribution in [-0.2, 0) is 5.75 Å². The first-order valence-electron chi connectivity index (χ1n) is 7.25. The van der Waals surface area contributed by atoms with Crippen LogP contribution in [0.15, 0.2) is 38.3 Å². The number of benzene rings is 1. The molecule has 0 amide bonds. The summed E-state index contributed by atoms with van der Waals surface area (Å²) in [5, 5.41) is 16.6. The van der Waals surface area contributed by atoms with Gasteiger partial charge in [0.25, 0.3) is 5.22 Å². The fraction of sp³-hybridized carbons (Fsp3) is 0.333. The van der Waals surface area contributed by atoms with Crippen molar-refractivity contribution in [2.45, 2.75) is 29.7 Å². The minimum absolute atomic E-state index is 0.464. The molecule has 1 aliphatic carbocycles. The van der Waals surface area contributed by atoms with Gasteiger partial charge in [-0.15, -0.1) is 20.4 Å². The molecular weight excluding hydrogens is 316 g/mol. The zero-order valence-corrected chi connectivity index (χ0v) is 13.2. The second kappa shape index (κ2) is 6.04. The largest absolute Gasteiger partial charge is 0.497 e. The molecule has 0 saturated heterocycles. The second-order valence-electron chi connectivity index (χ2n) is 5.20. The maximum Gasteiger partial charge on any atom is 0.277 e. The molecule has 1 aromatic carbocycles. The van der Waals surface area contributed by atoms with E-state index in [9.17, 15) is 0 Å². The Balaban J connectivity index is 1.40. The van der Waals surface area contributed by atoms with Crippen LogP contribution in [0, 0.1) is 0 Å². The molecule has 118 valence electrons. The number of hydrogen-bond acceptors (Lipinski definition) is 8. The molecule has 3 aromatic rings. The van der Waals surface area contributed by atoms with Gasteiger partial charge < -0.3 is 13.6 Å². The van der Waals surface area contributed by atoms with Crippen LogP contribution in [0.2, 0.25) is 0 Å². The second-order valence-corrected chi connectivity index (χ2v) is 6.13. The van der Waals surface area contributed by atoms with E-state index in [1.165, 1.54) is 11.8 Å². The molecule has 2 heterocycles. The van der Waals surface area contributed by atoms with Gasteiger partial charge in [-0.05, 0) is 37.1 Å². The molecule has 0 aliphatic heterocycles. The van der Waals surface area contributed by atoms with E-state index in [0.29, 0.717) is 28.7 Å². The number of aromatic nitrogens is 4. The van der Waals surface area contributed by atoms with E-state index in [1.54, 1.807) is 7.11 Å². The Hall–Kier alpha value is -2.35. The molecule has 1 saturated carbocycles. The van der Waals surface area contributed by atoms with Crippen molar-refractivity contribution in [1.29, 1.82) is 0 Å².